The topological polar surface area (TPSA) is 138 Å². The molecule has 12 nitrogen and oxygen atoms in total. The molecule has 2 saturated carbocycles. The number of methoxy groups -OCH3 is 1. The molecule has 0 bridgehead atoms. The molecule has 0 unspecified atom stereocenters. The fourth-order valence-corrected chi connectivity index (χ4v) is 5.90. The van der Waals surface area contributed by atoms with Crippen molar-refractivity contribution in [2.24, 2.45) is 11.8 Å². The van der Waals surface area contributed by atoms with E-state index in [9.17, 15) is 31.9 Å². The summed E-state index contributed by atoms with van der Waals surface area (Å²) in [7, 11) is 1.17. The highest BCUT2D eigenvalue weighted by atomic mass is 35.5. The normalized spacial score (nSPS) is 13.3. The summed E-state index contributed by atoms with van der Waals surface area (Å²) in [6.45, 7) is -5.85. The van der Waals surface area contributed by atoms with Crippen molar-refractivity contribution >= 4 is 75.6 Å². The number of carbonyl (C=O) groups is 3. The average Bonchev–Trinajstić information content (AvgIpc) is 4.11. The molecular formula is C37H32Cl4F4N4O8. The zero-order valence-corrected chi connectivity index (χ0v) is 32.7. The molecule has 2 aromatic heterocycles. The maximum Gasteiger partial charge on any atom is 0.387 e. The molecule has 2 amide bonds. The smallest absolute Gasteiger partial charge is 0.387 e. The first-order valence-electron chi connectivity index (χ1n) is 16.9. The van der Waals surface area contributed by atoms with Crippen molar-refractivity contribution in [3.8, 4) is 23.0 Å². The molecule has 2 aromatic carbocycles. The number of ether oxygens (including phenoxy) is 5. The number of nitrogens with one attached hydrogen (secondary N) is 1. The average molecular weight is 878 g/mol. The Kier molecular flexibility index (Phi) is 15.3. The van der Waals surface area contributed by atoms with Crippen molar-refractivity contribution < 1.29 is 55.6 Å². The SMILES string of the molecule is COC(=O)CN(C(=O)c1ccc(OC(F)F)c(OCC2CC2)c1)c1c(Cl)cncc1Cl.O=C(Nc1c(Cl)cncc1Cl)c1ccc(OC(F)F)c(OCC2CC2)c1. The van der Waals surface area contributed by atoms with Gasteiger partial charge < -0.3 is 29.0 Å². The van der Waals surface area contributed by atoms with Crippen LogP contribution in [0.3, 0.4) is 0 Å². The number of carbonyl (C=O) groups excluding carboxylic acids is 3. The second-order valence-corrected chi connectivity index (χ2v) is 14.1. The lowest BCUT2D eigenvalue weighted by atomic mass is 10.1. The van der Waals surface area contributed by atoms with Crippen molar-refractivity contribution in [2.75, 3.05) is 37.1 Å². The summed E-state index contributed by atoms with van der Waals surface area (Å²) in [5.74, 6) is -1.45. The first-order chi connectivity index (χ1) is 27.2. The molecule has 0 saturated heterocycles. The predicted octanol–water partition coefficient (Wildman–Crippen LogP) is 9.63. The lowest BCUT2D eigenvalue weighted by Crippen LogP contribution is -2.36. The van der Waals surface area contributed by atoms with Gasteiger partial charge in [0, 0.05) is 35.9 Å². The van der Waals surface area contributed by atoms with E-state index in [2.05, 4.69) is 29.5 Å². The third-order valence-corrected chi connectivity index (χ3v) is 9.25. The fourth-order valence-electron chi connectivity index (χ4n) is 4.87. The number of rotatable bonds is 16. The minimum absolute atomic E-state index is 0.0111. The van der Waals surface area contributed by atoms with E-state index >= 15 is 0 Å². The largest absolute Gasteiger partial charge is 0.489 e. The molecular weight excluding hydrogens is 846 g/mol. The van der Waals surface area contributed by atoms with Crippen molar-refractivity contribution in [1.82, 2.24) is 9.97 Å². The van der Waals surface area contributed by atoms with Gasteiger partial charge in [-0.3, -0.25) is 29.3 Å². The lowest BCUT2D eigenvalue weighted by Gasteiger charge is -2.24. The van der Waals surface area contributed by atoms with Crippen LogP contribution in [0.2, 0.25) is 20.1 Å². The Balaban J connectivity index is 0.000000221. The van der Waals surface area contributed by atoms with E-state index in [1.165, 1.54) is 68.3 Å². The van der Waals surface area contributed by atoms with E-state index in [0.717, 1.165) is 30.6 Å². The minimum Gasteiger partial charge on any atom is -0.489 e. The Labute approximate surface area is 343 Å². The number of esters is 1. The number of aromatic nitrogens is 2. The summed E-state index contributed by atoms with van der Waals surface area (Å²) in [6, 6.07) is 7.71. The number of alkyl halides is 4. The van der Waals surface area contributed by atoms with Gasteiger partial charge in [-0.25, -0.2) is 0 Å². The number of hydrogen-bond acceptors (Lipinski definition) is 10. The van der Waals surface area contributed by atoms with Crippen LogP contribution in [0.1, 0.15) is 46.4 Å². The first kappa shape index (κ1) is 43.4. The molecule has 0 radical (unpaired) electrons. The summed E-state index contributed by atoms with van der Waals surface area (Å²) in [5.41, 5.74) is 0.491. The molecule has 2 heterocycles. The Bertz CT molecular complexity index is 2040. The van der Waals surface area contributed by atoms with Crippen LogP contribution in [0.15, 0.2) is 61.2 Å². The molecule has 6 rings (SSSR count). The number of halogens is 8. The Morgan fingerprint density at radius 2 is 1.18 bits per heavy atom. The maximum absolute atomic E-state index is 13.3. The van der Waals surface area contributed by atoms with Gasteiger partial charge >= 0.3 is 19.2 Å². The summed E-state index contributed by atoms with van der Waals surface area (Å²) in [4.78, 5) is 46.3. The molecule has 0 aliphatic heterocycles. The van der Waals surface area contributed by atoms with Crippen LogP contribution in [0.25, 0.3) is 0 Å². The highest BCUT2D eigenvalue weighted by molar-refractivity contribution is 6.40. The van der Waals surface area contributed by atoms with E-state index in [1.807, 2.05) is 0 Å². The molecule has 1 N–H and O–H groups in total. The Morgan fingerprint density at radius 3 is 1.63 bits per heavy atom. The molecule has 57 heavy (non-hydrogen) atoms. The number of nitrogens with zero attached hydrogens (tertiary/aromatic N) is 3. The van der Waals surface area contributed by atoms with Crippen LogP contribution in [-0.2, 0) is 9.53 Å². The Hall–Kier alpha value is -4.77. The van der Waals surface area contributed by atoms with E-state index in [0.29, 0.717) is 25.0 Å². The molecule has 2 aliphatic carbocycles. The fraction of sp³-hybridized carbons (Fsp3) is 0.324. The second-order valence-electron chi connectivity index (χ2n) is 12.4. The van der Waals surface area contributed by atoms with Gasteiger partial charge in [-0.15, -0.1) is 0 Å². The summed E-state index contributed by atoms with van der Waals surface area (Å²) < 4.78 is 75.4. The van der Waals surface area contributed by atoms with Crippen molar-refractivity contribution in [3.05, 3.63) is 92.4 Å². The minimum atomic E-state index is -3.06. The zero-order valence-electron chi connectivity index (χ0n) is 29.7. The molecule has 0 atom stereocenters. The van der Waals surface area contributed by atoms with Crippen molar-refractivity contribution in [1.29, 1.82) is 0 Å². The van der Waals surface area contributed by atoms with Gasteiger partial charge in [0.15, 0.2) is 23.0 Å². The number of hydrogen-bond donors (Lipinski definition) is 1. The summed E-state index contributed by atoms with van der Waals surface area (Å²) >= 11 is 24.3. The molecule has 4 aromatic rings. The van der Waals surface area contributed by atoms with Gasteiger partial charge in [0.1, 0.15) is 6.54 Å². The van der Waals surface area contributed by atoms with E-state index < -0.39 is 37.6 Å². The van der Waals surface area contributed by atoms with E-state index in [4.69, 9.17) is 55.9 Å². The van der Waals surface area contributed by atoms with Gasteiger partial charge in [0.05, 0.1) is 51.8 Å². The van der Waals surface area contributed by atoms with Crippen LogP contribution >= 0.6 is 46.4 Å². The van der Waals surface area contributed by atoms with Gasteiger partial charge in [-0.2, -0.15) is 17.6 Å². The number of amides is 2. The van der Waals surface area contributed by atoms with Crippen LogP contribution in [-0.4, -0.2) is 67.8 Å². The third-order valence-electron chi connectivity index (χ3n) is 8.12. The summed E-state index contributed by atoms with van der Waals surface area (Å²) in [6.07, 6.45) is 9.24. The van der Waals surface area contributed by atoms with E-state index in [-0.39, 0.29) is 65.6 Å². The summed E-state index contributed by atoms with van der Waals surface area (Å²) in [5, 5.41) is 2.99. The van der Waals surface area contributed by atoms with Gasteiger partial charge in [-0.1, -0.05) is 46.4 Å². The third kappa shape index (κ3) is 12.6. The van der Waals surface area contributed by atoms with Crippen LogP contribution < -0.4 is 29.2 Å². The molecule has 20 heteroatoms. The number of benzene rings is 2. The molecule has 0 spiro atoms. The van der Waals surface area contributed by atoms with Crippen LogP contribution in [0.4, 0.5) is 28.9 Å². The lowest BCUT2D eigenvalue weighted by molar-refractivity contribution is -0.138. The maximum atomic E-state index is 13.3. The highest BCUT2D eigenvalue weighted by Crippen LogP contribution is 2.38. The monoisotopic (exact) mass is 876 g/mol. The predicted molar refractivity (Wildman–Crippen MR) is 203 cm³/mol. The van der Waals surface area contributed by atoms with Crippen LogP contribution in [0.5, 0.6) is 23.0 Å². The van der Waals surface area contributed by atoms with Crippen molar-refractivity contribution in [3.63, 3.8) is 0 Å². The molecule has 304 valence electrons. The standard InChI is InChI=1S/C20H18Cl2F2N2O5.C17H14Cl2F2N2O3/c1-29-17(27)9-26(18-13(21)7-25-8-14(18)22)19(28)12-4-5-15(31-20(23)24)16(6-12)30-10-11-2-3-11;18-11-6-22-7-12(19)15(11)23-16(24)10-3-4-13(26-17(20)21)14(5-10)25-8-9-1-2-9/h4-8,11,20H,2-3,9-10H2,1H3;3-7,9,17H,1-2,8H2,(H,22,23,24). The number of pyridine rings is 2. The first-order valence-corrected chi connectivity index (χ1v) is 18.5. The van der Waals surface area contributed by atoms with Gasteiger partial charge in [0.25, 0.3) is 11.8 Å². The Morgan fingerprint density at radius 1 is 0.719 bits per heavy atom. The second kappa shape index (κ2) is 20.1. The highest BCUT2D eigenvalue weighted by Gasteiger charge is 2.28. The van der Waals surface area contributed by atoms with Crippen LogP contribution in [0, 0.1) is 11.8 Å². The zero-order chi connectivity index (χ0) is 41.2. The van der Waals surface area contributed by atoms with Crippen molar-refractivity contribution in [2.45, 2.75) is 38.9 Å². The quantitative estimate of drug-likeness (QED) is 0.0856. The number of anilines is 2. The molecule has 2 aliphatic rings. The molecule has 2 fully saturated rings. The van der Waals surface area contributed by atoms with E-state index in [1.54, 1.807) is 0 Å². The van der Waals surface area contributed by atoms with Gasteiger partial charge in [-0.05, 0) is 73.9 Å². The van der Waals surface area contributed by atoms with Gasteiger partial charge in [0.2, 0.25) is 0 Å².